The van der Waals surface area contributed by atoms with Crippen molar-refractivity contribution in [2.75, 3.05) is 6.61 Å². The Hall–Kier alpha value is -2.13. The second-order valence-electron chi connectivity index (χ2n) is 5.83. The first-order chi connectivity index (χ1) is 10.9. The third kappa shape index (κ3) is 3.30. The molecule has 0 aliphatic rings. The van der Waals surface area contributed by atoms with E-state index in [1.54, 1.807) is 0 Å². The molecule has 0 spiro atoms. The van der Waals surface area contributed by atoms with Gasteiger partial charge in [-0.2, -0.15) is 0 Å². The van der Waals surface area contributed by atoms with E-state index >= 15 is 0 Å². The molecule has 0 saturated carbocycles. The van der Waals surface area contributed by atoms with Crippen molar-refractivity contribution >= 4 is 5.97 Å². The van der Waals surface area contributed by atoms with Gasteiger partial charge in [-0.3, -0.25) is 4.79 Å². The number of ether oxygens (including phenoxy) is 2. The first kappa shape index (κ1) is 17.2. The van der Waals surface area contributed by atoms with Gasteiger partial charge in [-0.1, -0.05) is 60.7 Å². The smallest absolute Gasteiger partial charge is 0.303 e. The summed E-state index contributed by atoms with van der Waals surface area (Å²) in [6.45, 7) is 7.77. The van der Waals surface area contributed by atoms with Crippen LogP contribution in [-0.4, -0.2) is 12.6 Å². The number of hydrogen-bond donors (Lipinski definition) is 0. The van der Waals surface area contributed by atoms with E-state index in [2.05, 4.69) is 0 Å². The maximum absolute atomic E-state index is 11.8. The van der Waals surface area contributed by atoms with E-state index in [1.165, 1.54) is 6.92 Å². The van der Waals surface area contributed by atoms with Crippen LogP contribution >= 0.6 is 0 Å². The fourth-order valence-corrected chi connectivity index (χ4v) is 3.02. The van der Waals surface area contributed by atoms with Crippen LogP contribution in [0.25, 0.3) is 0 Å². The molecule has 0 bridgehead atoms. The van der Waals surface area contributed by atoms with Crippen molar-refractivity contribution in [1.29, 1.82) is 0 Å². The Bertz CT molecular complexity index is 638. The van der Waals surface area contributed by atoms with Crippen molar-refractivity contribution in [3.8, 4) is 0 Å². The van der Waals surface area contributed by atoms with Gasteiger partial charge in [0.05, 0.1) is 0 Å². The van der Waals surface area contributed by atoms with Gasteiger partial charge in [0, 0.05) is 13.5 Å². The fraction of sp³-hybridized carbons (Fsp3) is 0.350. The van der Waals surface area contributed by atoms with Gasteiger partial charge in [0.15, 0.2) is 5.60 Å². The number of carbonyl (C=O) groups excluding carboxylic acids is 1. The normalized spacial score (nSPS) is 16.2. The molecule has 0 heterocycles. The lowest BCUT2D eigenvalue weighted by Crippen LogP contribution is -2.50. The second-order valence-corrected chi connectivity index (χ2v) is 5.83. The van der Waals surface area contributed by atoms with Gasteiger partial charge in [0.25, 0.3) is 0 Å². The number of carbonyl (C=O) groups is 1. The van der Waals surface area contributed by atoms with Crippen LogP contribution in [0.3, 0.4) is 0 Å². The van der Waals surface area contributed by atoms with Crippen molar-refractivity contribution < 1.29 is 14.3 Å². The Kier molecular flexibility index (Phi) is 5.22. The van der Waals surface area contributed by atoms with E-state index in [4.69, 9.17) is 9.47 Å². The van der Waals surface area contributed by atoms with Gasteiger partial charge in [-0.05, 0) is 31.9 Å². The average Bonchev–Trinajstić information content (AvgIpc) is 2.56. The van der Waals surface area contributed by atoms with Crippen molar-refractivity contribution in [2.45, 2.75) is 38.9 Å². The predicted molar refractivity (Wildman–Crippen MR) is 91.0 cm³/mol. The van der Waals surface area contributed by atoms with Crippen molar-refractivity contribution in [3.05, 3.63) is 71.8 Å². The van der Waals surface area contributed by atoms with Gasteiger partial charge in [0.1, 0.15) is 5.60 Å². The minimum atomic E-state index is -0.947. The molecule has 0 saturated heterocycles. The molecular formula is C20H24O3. The van der Waals surface area contributed by atoms with Crippen molar-refractivity contribution in [2.24, 2.45) is 0 Å². The molecule has 0 amide bonds. The maximum atomic E-state index is 11.8. The van der Waals surface area contributed by atoms with Gasteiger partial charge >= 0.3 is 5.97 Å². The van der Waals surface area contributed by atoms with E-state index in [-0.39, 0.29) is 5.97 Å². The zero-order chi connectivity index (χ0) is 16.9. The molecule has 0 fully saturated rings. The summed E-state index contributed by atoms with van der Waals surface area (Å²) in [5.74, 6) is -0.335. The van der Waals surface area contributed by atoms with Gasteiger partial charge in [-0.15, -0.1) is 0 Å². The lowest BCUT2D eigenvalue weighted by Gasteiger charge is -2.45. The quantitative estimate of drug-likeness (QED) is 0.741. The molecule has 0 aliphatic heterocycles. The Morgan fingerprint density at radius 1 is 0.870 bits per heavy atom. The number of rotatable bonds is 6. The number of esters is 1. The summed E-state index contributed by atoms with van der Waals surface area (Å²) in [5.41, 5.74) is 0.109. The van der Waals surface area contributed by atoms with E-state index in [9.17, 15) is 4.79 Å². The summed E-state index contributed by atoms with van der Waals surface area (Å²) >= 11 is 0. The van der Waals surface area contributed by atoms with E-state index in [0.29, 0.717) is 6.61 Å². The highest BCUT2D eigenvalue weighted by atomic mass is 16.6. The minimum Gasteiger partial charge on any atom is -0.451 e. The molecule has 0 N–H and O–H groups in total. The first-order valence-corrected chi connectivity index (χ1v) is 7.88. The van der Waals surface area contributed by atoms with Crippen molar-refractivity contribution in [1.82, 2.24) is 0 Å². The van der Waals surface area contributed by atoms with Crippen LogP contribution in [0.5, 0.6) is 0 Å². The van der Waals surface area contributed by atoms with Crippen LogP contribution in [0.4, 0.5) is 0 Å². The molecule has 2 atom stereocenters. The van der Waals surface area contributed by atoms with E-state index < -0.39 is 11.2 Å². The SMILES string of the molecule is CCOC(C)(c1ccccc1)C(C)(OC(C)=O)c1ccccc1. The highest BCUT2D eigenvalue weighted by molar-refractivity contribution is 5.67. The predicted octanol–water partition coefficient (Wildman–Crippen LogP) is 4.42. The molecule has 122 valence electrons. The Labute approximate surface area is 138 Å². The molecule has 2 aromatic carbocycles. The fourth-order valence-electron chi connectivity index (χ4n) is 3.02. The third-order valence-corrected chi connectivity index (χ3v) is 4.34. The Balaban J connectivity index is 2.65. The molecule has 3 heteroatoms. The standard InChI is InChI=1S/C20H24O3/c1-5-22-19(3,17-12-8-6-9-13-17)20(4,23-16(2)21)18-14-10-7-11-15-18/h6-15H,5H2,1-4H3. The van der Waals surface area contributed by atoms with Gasteiger partial charge in [-0.25, -0.2) is 0 Å². The summed E-state index contributed by atoms with van der Waals surface area (Å²) < 4.78 is 12.0. The minimum absolute atomic E-state index is 0.335. The zero-order valence-corrected chi connectivity index (χ0v) is 14.2. The van der Waals surface area contributed by atoms with E-state index in [1.807, 2.05) is 81.4 Å². The van der Waals surface area contributed by atoms with Gasteiger partial charge in [0.2, 0.25) is 0 Å². The summed E-state index contributed by atoms with van der Waals surface area (Å²) in [5, 5.41) is 0. The van der Waals surface area contributed by atoms with Crippen LogP contribution in [0, 0.1) is 0 Å². The molecule has 0 radical (unpaired) electrons. The molecule has 3 nitrogen and oxygen atoms in total. The lowest BCUT2D eigenvalue weighted by molar-refractivity contribution is -0.208. The molecule has 2 aromatic rings. The molecule has 23 heavy (non-hydrogen) atoms. The third-order valence-electron chi connectivity index (χ3n) is 4.34. The van der Waals surface area contributed by atoms with Crippen LogP contribution in [0.15, 0.2) is 60.7 Å². The first-order valence-electron chi connectivity index (χ1n) is 7.88. The van der Waals surface area contributed by atoms with Crippen LogP contribution in [0.1, 0.15) is 38.8 Å². The van der Waals surface area contributed by atoms with Crippen LogP contribution in [0.2, 0.25) is 0 Å². The Morgan fingerprint density at radius 3 is 1.70 bits per heavy atom. The average molecular weight is 312 g/mol. The monoisotopic (exact) mass is 312 g/mol. The van der Waals surface area contributed by atoms with Gasteiger partial charge < -0.3 is 9.47 Å². The highest BCUT2D eigenvalue weighted by Gasteiger charge is 2.51. The van der Waals surface area contributed by atoms with Crippen molar-refractivity contribution in [3.63, 3.8) is 0 Å². The zero-order valence-electron chi connectivity index (χ0n) is 14.2. The summed E-state index contributed by atoms with van der Waals surface area (Å²) in [6.07, 6.45) is 0. The molecule has 2 rings (SSSR count). The number of hydrogen-bond acceptors (Lipinski definition) is 3. The second kappa shape index (κ2) is 6.97. The largest absolute Gasteiger partial charge is 0.451 e. The Morgan fingerprint density at radius 2 is 1.30 bits per heavy atom. The van der Waals surface area contributed by atoms with Crippen LogP contribution in [-0.2, 0) is 25.5 Å². The summed E-state index contributed by atoms with van der Waals surface area (Å²) in [6, 6.07) is 19.6. The molecule has 0 aliphatic carbocycles. The summed E-state index contributed by atoms with van der Waals surface area (Å²) in [4.78, 5) is 11.8. The number of benzene rings is 2. The lowest BCUT2D eigenvalue weighted by atomic mass is 9.75. The summed E-state index contributed by atoms with van der Waals surface area (Å²) in [7, 11) is 0. The molecule has 0 aromatic heterocycles. The van der Waals surface area contributed by atoms with Crippen LogP contribution < -0.4 is 0 Å². The molecular weight excluding hydrogens is 288 g/mol. The highest BCUT2D eigenvalue weighted by Crippen LogP contribution is 2.46. The molecule has 2 unspecified atom stereocenters. The van der Waals surface area contributed by atoms with E-state index in [0.717, 1.165) is 11.1 Å². The maximum Gasteiger partial charge on any atom is 0.303 e. The topological polar surface area (TPSA) is 35.5 Å².